The number of piperidine rings is 1. The molecule has 3 rings (SSSR count). The van der Waals surface area contributed by atoms with Crippen LogP contribution in [-0.4, -0.2) is 61.1 Å². The molecule has 1 atom stereocenters. The predicted octanol–water partition coefficient (Wildman–Crippen LogP) is 2.32. The zero-order valence-corrected chi connectivity index (χ0v) is 16.2. The third kappa shape index (κ3) is 5.83. The monoisotopic (exact) mass is 389 g/mol. The quantitative estimate of drug-likeness (QED) is 0.857. The number of hydrogen-bond acceptors (Lipinski definition) is 4. The van der Waals surface area contributed by atoms with E-state index in [-0.39, 0.29) is 36.8 Å². The highest BCUT2D eigenvalue weighted by molar-refractivity contribution is 5.94. The van der Waals surface area contributed by atoms with E-state index in [1.165, 1.54) is 12.0 Å². The molecule has 0 saturated carbocycles. The van der Waals surface area contributed by atoms with Gasteiger partial charge < -0.3 is 15.4 Å². The molecule has 0 aromatic heterocycles. The number of carbonyl (C=O) groups excluding carboxylic acids is 1. The number of halogens is 2. The molecule has 25 heavy (non-hydrogen) atoms. The van der Waals surface area contributed by atoms with Crippen LogP contribution in [-0.2, 0) is 11.3 Å². The van der Waals surface area contributed by atoms with Gasteiger partial charge in [-0.3, -0.25) is 9.69 Å². The molecule has 2 aliphatic rings. The van der Waals surface area contributed by atoms with Crippen LogP contribution in [0.2, 0.25) is 0 Å². The van der Waals surface area contributed by atoms with E-state index in [4.69, 9.17) is 10.5 Å². The molecule has 142 valence electrons. The summed E-state index contributed by atoms with van der Waals surface area (Å²) in [7, 11) is 0. The number of amides is 1. The van der Waals surface area contributed by atoms with Gasteiger partial charge in [0.1, 0.15) is 0 Å². The van der Waals surface area contributed by atoms with Gasteiger partial charge >= 0.3 is 0 Å². The lowest BCUT2D eigenvalue weighted by atomic mass is 10.0. The summed E-state index contributed by atoms with van der Waals surface area (Å²) in [4.78, 5) is 17.2. The number of likely N-dealkylation sites (tertiary alicyclic amines) is 1. The van der Waals surface area contributed by atoms with Crippen LogP contribution in [0.5, 0.6) is 0 Å². The number of nitrogens with two attached hydrogens (primary N) is 1. The number of hydrogen-bond donors (Lipinski definition) is 1. The summed E-state index contributed by atoms with van der Waals surface area (Å²) < 4.78 is 5.39. The Labute approximate surface area is 162 Å². The zero-order chi connectivity index (χ0) is 16.1. The number of morpholine rings is 1. The highest BCUT2D eigenvalue weighted by atomic mass is 35.5. The minimum atomic E-state index is 0. The van der Waals surface area contributed by atoms with Gasteiger partial charge in [0.15, 0.2) is 0 Å². The molecule has 2 aliphatic heterocycles. The second-order valence-electron chi connectivity index (χ2n) is 6.47. The lowest BCUT2D eigenvalue weighted by Crippen LogP contribution is -2.47. The van der Waals surface area contributed by atoms with Crippen molar-refractivity contribution in [2.24, 2.45) is 5.73 Å². The molecule has 0 bridgehead atoms. The third-order valence-corrected chi connectivity index (χ3v) is 4.84. The van der Waals surface area contributed by atoms with E-state index >= 15 is 0 Å². The van der Waals surface area contributed by atoms with Crippen molar-refractivity contribution in [1.29, 1.82) is 0 Å². The van der Waals surface area contributed by atoms with Gasteiger partial charge in [-0.25, -0.2) is 0 Å². The molecule has 1 unspecified atom stereocenters. The number of rotatable bonds is 4. The summed E-state index contributed by atoms with van der Waals surface area (Å²) in [5, 5.41) is 0. The Hall–Kier alpha value is -0.850. The lowest BCUT2D eigenvalue weighted by Gasteiger charge is -2.35. The van der Waals surface area contributed by atoms with Gasteiger partial charge in [-0.2, -0.15) is 0 Å². The van der Waals surface area contributed by atoms with Crippen LogP contribution >= 0.6 is 24.8 Å². The maximum Gasteiger partial charge on any atom is 0.254 e. The van der Waals surface area contributed by atoms with E-state index < -0.39 is 0 Å². The largest absolute Gasteiger partial charge is 0.379 e. The van der Waals surface area contributed by atoms with E-state index in [0.717, 1.165) is 57.8 Å². The second kappa shape index (κ2) is 11.0. The molecule has 2 N–H and O–H groups in total. The van der Waals surface area contributed by atoms with Crippen LogP contribution < -0.4 is 5.73 Å². The Bertz CT molecular complexity index is 539. The number of carbonyl (C=O) groups is 1. The molecular formula is C18H29Cl2N3O2. The summed E-state index contributed by atoms with van der Waals surface area (Å²) >= 11 is 0. The van der Waals surface area contributed by atoms with Crippen molar-refractivity contribution in [1.82, 2.24) is 9.80 Å². The van der Waals surface area contributed by atoms with E-state index in [9.17, 15) is 4.79 Å². The maximum atomic E-state index is 12.9. The number of benzene rings is 1. The molecule has 2 heterocycles. The highest BCUT2D eigenvalue weighted by Crippen LogP contribution is 2.20. The minimum absolute atomic E-state index is 0. The zero-order valence-electron chi connectivity index (χ0n) is 14.6. The standard InChI is InChI=1S/C18H27N3O2.2ClH/c19-13-17-6-1-2-7-21(17)18(22)16-5-3-4-15(12-16)14-20-8-10-23-11-9-20;;/h3-5,12,17H,1-2,6-11,13-14,19H2;2*1H. The van der Waals surface area contributed by atoms with Crippen molar-refractivity contribution in [2.45, 2.75) is 31.8 Å². The van der Waals surface area contributed by atoms with Gasteiger partial charge in [0.05, 0.1) is 13.2 Å². The maximum absolute atomic E-state index is 12.9. The van der Waals surface area contributed by atoms with E-state index in [0.29, 0.717) is 6.54 Å². The fraction of sp³-hybridized carbons (Fsp3) is 0.611. The van der Waals surface area contributed by atoms with Gasteiger partial charge in [-0.05, 0) is 37.0 Å². The molecular weight excluding hydrogens is 361 g/mol. The Morgan fingerprint density at radius 1 is 1.16 bits per heavy atom. The van der Waals surface area contributed by atoms with Crippen molar-refractivity contribution >= 4 is 30.7 Å². The van der Waals surface area contributed by atoms with Gasteiger partial charge in [0.25, 0.3) is 5.91 Å². The Morgan fingerprint density at radius 3 is 2.64 bits per heavy atom. The fourth-order valence-electron chi connectivity index (χ4n) is 3.50. The first-order chi connectivity index (χ1) is 11.3. The van der Waals surface area contributed by atoms with Crippen LogP contribution in [0, 0.1) is 0 Å². The van der Waals surface area contributed by atoms with Gasteiger partial charge in [-0.1, -0.05) is 12.1 Å². The highest BCUT2D eigenvalue weighted by Gasteiger charge is 2.26. The van der Waals surface area contributed by atoms with E-state index in [2.05, 4.69) is 11.0 Å². The van der Waals surface area contributed by atoms with Gasteiger partial charge in [0.2, 0.25) is 0 Å². The molecule has 0 spiro atoms. The molecule has 0 aliphatic carbocycles. The van der Waals surface area contributed by atoms with Gasteiger partial charge in [-0.15, -0.1) is 24.8 Å². The first-order valence-electron chi connectivity index (χ1n) is 8.68. The lowest BCUT2D eigenvalue weighted by molar-refractivity contribution is 0.0341. The third-order valence-electron chi connectivity index (χ3n) is 4.84. The summed E-state index contributed by atoms with van der Waals surface area (Å²) in [5.41, 5.74) is 7.83. The second-order valence-corrected chi connectivity index (χ2v) is 6.47. The first-order valence-corrected chi connectivity index (χ1v) is 8.68. The van der Waals surface area contributed by atoms with Crippen LogP contribution in [0.3, 0.4) is 0 Å². The molecule has 2 saturated heterocycles. The predicted molar refractivity (Wildman–Crippen MR) is 105 cm³/mol. The van der Waals surface area contributed by atoms with Crippen molar-refractivity contribution in [3.8, 4) is 0 Å². The van der Waals surface area contributed by atoms with Crippen LogP contribution in [0.15, 0.2) is 24.3 Å². The molecule has 2 fully saturated rings. The minimum Gasteiger partial charge on any atom is -0.379 e. The van der Waals surface area contributed by atoms with E-state index in [1.807, 2.05) is 23.1 Å². The molecule has 7 heteroatoms. The van der Waals surface area contributed by atoms with Crippen molar-refractivity contribution < 1.29 is 9.53 Å². The van der Waals surface area contributed by atoms with Crippen LogP contribution in [0.4, 0.5) is 0 Å². The topological polar surface area (TPSA) is 58.8 Å². The Morgan fingerprint density at radius 2 is 1.92 bits per heavy atom. The average Bonchev–Trinajstić information content (AvgIpc) is 2.62. The molecule has 1 aromatic carbocycles. The number of nitrogens with zero attached hydrogens (tertiary/aromatic N) is 2. The Kier molecular flexibility index (Phi) is 9.75. The normalized spacial score (nSPS) is 21.2. The van der Waals surface area contributed by atoms with Crippen molar-refractivity contribution in [2.75, 3.05) is 39.4 Å². The van der Waals surface area contributed by atoms with E-state index in [1.54, 1.807) is 0 Å². The van der Waals surface area contributed by atoms with Crippen LogP contribution in [0.1, 0.15) is 35.2 Å². The molecule has 0 radical (unpaired) electrons. The SMILES string of the molecule is Cl.Cl.NCC1CCCCN1C(=O)c1cccc(CN2CCOCC2)c1. The van der Waals surface area contributed by atoms with Crippen molar-refractivity contribution in [3.63, 3.8) is 0 Å². The average molecular weight is 390 g/mol. The summed E-state index contributed by atoms with van der Waals surface area (Å²) in [5.74, 6) is 0.129. The van der Waals surface area contributed by atoms with Crippen LogP contribution in [0.25, 0.3) is 0 Å². The molecule has 1 aromatic rings. The summed E-state index contributed by atoms with van der Waals surface area (Å²) in [6, 6.07) is 8.25. The Balaban J connectivity index is 0.00000156. The van der Waals surface area contributed by atoms with Crippen molar-refractivity contribution in [3.05, 3.63) is 35.4 Å². The fourth-order valence-corrected chi connectivity index (χ4v) is 3.50. The number of ether oxygens (including phenoxy) is 1. The first kappa shape index (κ1) is 22.2. The van der Waals surface area contributed by atoms with Gasteiger partial charge in [0, 0.05) is 44.3 Å². The molecule has 5 nitrogen and oxygen atoms in total. The smallest absolute Gasteiger partial charge is 0.254 e. The molecule has 1 amide bonds. The summed E-state index contributed by atoms with van der Waals surface area (Å²) in [6.45, 7) is 5.77. The summed E-state index contributed by atoms with van der Waals surface area (Å²) in [6.07, 6.45) is 3.27.